The first-order valence-corrected chi connectivity index (χ1v) is 10.1. The second-order valence-electron chi connectivity index (χ2n) is 6.55. The van der Waals surface area contributed by atoms with Crippen LogP contribution < -0.4 is 0 Å². The van der Waals surface area contributed by atoms with Gasteiger partial charge in [-0.3, -0.25) is 0 Å². The lowest BCUT2D eigenvalue weighted by molar-refractivity contribution is 0.309. The van der Waals surface area contributed by atoms with Crippen molar-refractivity contribution in [1.29, 1.82) is 5.26 Å². The van der Waals surface area contributed by atoms with Gasteiger partial charge < -0.3 is 9.32 Å². The Morgan fingerprint density at radius 2 is 2.15 bits per heavy atom. The first kappa shape index (κ1) is 18.1. The van der Waals surface area contributed by atoms with Gasteiger partial charge in [-0.1, -0.05) is 29.8 Å². The lowest BCUT2D eigenvalue weighted by Gasteiger charge is -2.27. The van der Waals surface area contributed by atoms with Crippen molar-refractivity contribution < 1.29 is 4.42 Å². The predicted octanol–water partition coefficient (Wildman–Crippen LogP) is 5.15. The van der Waals surface area contributed by atoms with Gasteiger partial charge in [0.25, 0.3) is 0 Å². The normalized spacial score (nSPS) is 14.0. The number of fused-ring (bicyclic) bond motifs is 1. The Bertz CT molecular complexity index is 1010. The summed E-state index contributed by atoms with van der Waals surface area (Å²) in [6, 6.07) is 13.9. The average molecular weight is 396 g/mol. The van der Waals surface area contributed by atoms with Crippen molar-refractivity contribution in [2.75, 3.05) is 13.6 Å². The van der Waals surface area contributed by atoms with E-state index in [9.17, 15) is 5.26 Å². The molecule has 6 heteroatoms. The Hall–Kier alpha value is -2.26. The van der Waals surface area contributed by atoms with Crippen LogP contribution in [0.3, 0.4) is 0 Å². The SMILES string of the molecule is CN1CCc2nc(SCc3ccccc3Cl)c(C#N)c(-c3ccco3)c2C1. The summed E-state index contributed by atoms with van der Waals surface area (Å²) in [5, 5.41) is 11.4. The molecule has 1 aromatic carbocycles. The second kappa shape index (κ2) is 7.77. The maximum atomic E-state index is 9.93. The number of nitrogens with zero attached hydrogens (tertiary/aromatic N) is 3. The fourth-order valence-corrected chi connectivity index (χ4v) is 4.63. The first-order chi connectivity index (χ1) is 13.2. The molecule has 0 saturated carbocycles. The van der Waals surface area contributed by atoms with Crippen LogP contribution in [0.4, 0.5) is 0 Å². The van der Waals surface area contributed by atoms with Crippen LogP contribution in [0.5, 0.6) is 0 Å². The minimum Gasteiger partial charge on any atom is -0.464 e. The maximum Gasteiger partial charge on any atom is 0.135 e. The molecule has 3 aromatic rings. The quantitative estimate of drug-likeness (QED) is 0.572. The molecule has 0 unspecified atom stereocenters. The van der Waals surface area contributed by atoms with Crippen LogP contribution in [-0.2, 0) is 18.7 Å². The lowest BCUT2D eigenvalue weighted by Crippen LogP contribution is -2.28. The summed E-state index contributed by atoms with van der Waals surface area (Å²) in [5.41, 5.74) is 4.64. The van der Waals surface area contributed by atoms with Gasteiger partial charge in [0.05, 0.1) is 11.8 Å². The molecule has 136 valence electrons. The summed E-state index contributed by atoms with van der Waals surface area (Å²) in [6.45, 7) is 1.72. The Morgan fingerprint density at radius 1 is 1.30 bits per heavy atom. The third kappa shape index (κ3) is 3.61. The first-order valence-electron chi connectivity index (χ1n) is 8.72. The molecule has 0 amide bonds. The number of pyridine rings is 1. The molecule has 1 aliphatic rings. The Labute approximate surface area is 167 Å². The van der Waals surface area contributed by atoms with E-state index in [0.29, 0.717) is 11.3 Å². The van der Waals surface area contributed by atoms with Gasteiger partial charge >= 0.3 is 0 Å². The number of halogens is 1. The molecule has 0 N–H and O–H groups in total. The van der Waals surface area contributed by atoms with Gasteiger partial charge in [0, 0.05) is 47.1 Å². The van der Waals surface area contributed by atoms with Crippen molar-refractivity contribution >= 4 is 23.4 Å². The fourth-order valence-electron chi connectivity index (χ4n) is 3.33. The monoisotopic (exact) mass is 395 g/mol. The van der Waals surface area contributed by atoms with Crippen LogP contribution >= 0.6 is 23.4 Å². The molecule has 4 nitrogen and oxygen atoms in total. The van der Waals surface area contributed by atoms with Crippen molar-refractivity contribution in [3.05, 3.63) is 70.1 Å². The van der Waals surface area contributed by atoms with Gasteiger partial charge in [-0.2, -0.15) is 5.26 Å². The van der Waals surface area contributed by atoms with E-state index < -0.39 is 0 Å². The van der Waals surface area contributed by atoms with E-state index in [1.54, 1.807) is 18.0 Å². The minimum atomic E-state index is 0.580. The number of furan rings is 1. The fraction of sp³-hybridized carbons (Fsp3) is 0.238. The van der Waals surface area contributed by atoms with Crippen molar-refractivity contribution in [2.24, 2.45) is 0 Å². The molecule has 0 aliphatic carbocycles. The topological polar surface area (TPSA) is 53.1 Å². The molecule has 0 saturated heterocycles. The number of likely N-dealkylation sites (N-methyl/N-ethyl adjacent to an activating group) is 1. The van der Waals surface area contributed by atoms with Crippen LogP contribution in [0.25, 0.3) is 11.3 Å². The van der Waals surface area contributed by atoms with Gasteiger partial charge in [0.15, 0.2) is 0 Å². The second-order valence-corrected chi connectivity index (χ2v) is 7.92. The van der Waals surface area contributed by atoms with E-state index in [1.165, 1.54) is 0 Å². The zero-order valence-corrected chi connectivity index (χ0v) is 16.5. The molecule has 0 atom stereocenters. The van der Waals surface area contributed by atoms with E-state index in [2.05, 4.69) is 18.0 Å². The molecule has 0 fully saturated rings. The summed E-state index contributed by atoms with van der Waals surface area (Å²) in [7, 11) is 2.08. The number of thioether (sulfide) groups is 1. The highest BCUT2D eigenvalue weighted by Gasteiger charge is 2.26. The number of nitriles is 1. The molecular formula is C21H18ClN3OS. The molecule has 1 aliphatic heterocycles. The molecule has 2 aromatic heterocycles. The predicted molar refractivity (Wildman–Crippen MR) is 108 cm³/mol. The highest BCUT2D eigenvalue weighted by atomic mass is 35.5. The number of hydrogen-bond acceptors (Lipinski definition) is 5. The largest absolute Gasteiger partial charge is 0.464 e. The highest BCUT2D eigenvalue weighted by molar-refractivity contribution is 7.98. The van der Waals surface area contributed by atoms with Crippen molar-refractivity contribution in [1.82, 2.24) is 9.88 Å². The zero-order valence-electron chi connectivity index (χ0n) is 14.9. The molecular weight excluding hydrogens is 378 g/mol. The Morgan fingerprint density at radius 3 is 2.89 bits per heavy atom. The zero-order chi connectivity index (χ0) is 18.8. The van der Waals surface area contributed by atoms with Gasteiger partial charge in [-0.15, -0.1) is 11.8 Å². The van der Waals surface area contributed by atoms with Crippen molar-refractivity contribution in [3.63, 3.8) is 0 Å². The highest BCUT2D eigenvalue weighted by Crippen LogP contribution is 2.38. The Balaban J connectivity index is 1.79. The van der Waals surface area contributed by atoms with E-state index in [4.69, 9.17) is 21.0 Å². The van der Waals surface area contributed by atoms with Crippen LogP contribution in [0.15, 0.2) is 52.1 Å². The maximum absolute atomic E-state index is 9.93. The van der Waals surface area contributed by atoms with E-state index in [0.717, 1.165) is 57.7 Å². The van der Waals surface area contributed by atoms with E-state index in [-0.39, 0.29) is 0 Å². The number of aromatic nitrogens is 1. The average Bonchev–Trinajstić information content (AvgIpc) is 3.20. The van der Waals surface area contributed by atoms with Crippen LogP contribution in [0, 0.1) is 11.3 Å². The molecule has 0 radical (unpaired) electrons. The van der Waals surface area contributed by atoms with Crippen molar-refractivity contribution in [2.45, 2.75) is 23.7 Å². The number of hydrogen-bond donors (Lipinski definition) is 0. The molecule has 4 rings (SSSR count). The van der Waals surface area contributed by atoms with Crippen LogP contribution in [0.2, 0.25) is 5.02 Å². The number of rotatable bonds is 4. The lowest BCUT2D eigenvalue weighted by atomic mass is 9.95. The van der Waals surface area contributed by atoms with Gasteiger partial charge in [-0.25, -0.2) is 4.98 Å². The Kier molecular flexibility index (Phi) is 5.22. The molecule has 0 bridgehead atoms. The van der Waals surface area contributed by atoms with Crippen molar-refractivity contribution in [3.8, 4) is 17.4 Å². The van der Waals surface area contributed by atoms with Gasteiger partial charge in [0.1, 0.15) is 16.9 Å². The number of benzene rings is 1. The van der Waals surface area contributed by atoms with E-state index >= 15 is 0 Å². The van der Waals surface area contributed by atoms with Crippen LogP contribution in [-0.4, -0.2) is 23.5 Å². The summed E-state index contributed by atoms with van der Waals surface area (Å²) in [5.74, 6) is 1.39. The molecule has 0 spiro atoms. The molecule has 27 heavy (non-hydrogen) atoms. The third-order valence-electron chi connectivity index (χ3n) is 4.71. The van der Waals surface area contributed by atoms with E-state index in [1.807, 2.05) is 36.4 Å². The summed E-state index contributed by atoms with van der Waals surface area (Å²) < 4.78 is 5.67. The van der Waals surface area contributed by atoms with Gasteiger partial charge in [0.2, 0.25) is 0 Å². The van der Waals surface area contributed by atoms with Crippen LogP contribution in [0.1, 0.15) is 22.4 Å². The van der Waals surface area contributed by atoms with Gasteiger partial charge in [-0.05, 0) is 30.8 Å². The summed E-state index contributed by atoms with van der Waals surface area (Å²) in [4.78, 5) is 7.11. The molecule has 3 heterocycles. The minimum absolute atomic E-state index is 0.580. The summed E-state index contributed by atoms with van der Waals surface area (Å²) in [6.07, 6.45) is 2.51. The smallest absolute Gasteiger partial charge is 0.135 e. The standard InChI is InChI=1S/C21H18ClN3OS/c1-25-9-8-18-16(12-25)20(19-7-4-10-26-19)15(11-23)21(24-18)27-13-14-5-2-3-6-17(14)22/h2-7,10H,8-9,12-13H2,1H3. The third-order valence-corrected chi connectivity index (χ3v) is 6.10. The summed E-state index contributed by atoms with van der Waals surface area (Å²) >= 11 is 7.84.